The number of rotatable bonds is 4. The maximum atomic E-state index is 10.9. The molecule has 1 N–H and O–H groups in total. The van der Waals surface area contributed by atoms with Crippen LogP contribution in [-0.2, 0) is 4.79 Å². The molecule has 0 aliphatic carbocycles. The number of nitrogens with one attached hydrogen (secondary N) is 1. The van der Waals surface area contributed by atoms with Gasteiger partial charge in [-0.3, -0.25) is 4.79 Å². The first-order valence-corrected chi connectivity index (χ1v) is 6.40. The first-order chi connectivity index (χ1) is 7.49. The number of carbonyl (C=O) groups is 1. The third kappa shape index (κ3) is 4.27. The molecular formula is C13H19NOS. The maximum absolute atomic E-state index is 10.9. The molecule has 16 heavy (non-hydrogen) atoms. The minimum atomic E-state index is 0.00753. The Morgan fingerprint density at radius 1 is 1.19 bits per heavy atom. The number of hydrogen-bond acceptors (Lipinski definition) is 2. The molecule has 1 rings (SSSR count). The van der Waals surface area contributed by atoms with Crippen molar-refractivity contribution in [3.8, 4) is 0 Å². The topological polar surface area (TPSA) is 29.1 Å². The van der Waals surface area contributed by atoms with E-state index in [0.29, 0.717) is 5.25 Å². The van der Waals surface area contributed by atoms with Crippen LogP contribution in [0.3, 0.4) is 0 Å². The average molecular weight is 237 g/mol. The van der Waals surface area contributed by atoms with E-state index in [0.717, 1.165) is 5.56 Å². The molecule has 0 aliphatic heterocycles. The van der Waals surface area contributed by atoms with E-state index in [1.165, 1.54) is 4.90 Å². The van der Waals surface area contributed by atoms with Gasteiger partial charge in [0.25, 0.3) is 0 Å². The van der Waals surface area contributed by atoms with E-state index in [4.69, 9.17) is 0 Å². The van der Waals surface area contributed by atoms with Gasteiger partial charge in [0.1, 0.15) is 0 Å². The number of amides is 1. The second-order valence-corrected chi connectivity index (χ2v) is 5.81. The van der Waals surface area contributed by atoms with Crippen LogP contribution >= 0.6 is 11.8 Å². The standard InChI is InChI=1S/C13H19NOS/c1-9(2)16-13-7-5-12(6-8-13)10(3)14-11(4)15/h5-10H,1-4H3,(H,14,15). The minimum absolute atomic E-state index is 0.00753. The quantitative estimate of drug-likeness (QED) is 0.813. The summed E-state index contributed by atoms with van der Waals surface area (Å²) < 4.78 is 0. The van der Waals surface area contributed by atoms with Gasteiger partial charge in [0.15, 0.2) is 0 Å². The highest BCUT2D eigenvalue weighted by atomic mass is 32.2. The Hall–Kier alpha value is -0.960. The fourth-order valence-corrected chi connectivity index (χ4v) is 2.33. The number of benzene rings is 1. The van der Waals surface area contributed by atoms with Gasteiger partial charge in [-0.15, -0.1) is 11.8 Å². The summed E-state index contributed by atoms with van der Waals surface area (Å²) in [7, 11) is 0. The molecule has 0 heterocycles. The molecule has 1 aromatic rings. The molecule has 1 amide bonds. The molecule has 0 spiro atoms. The zero-order chi connectivity index (χ0) is 12.1. The van der Waals surface area contributed by atoms with Crippen LogP contribution in [-0.4, -0.2) is 11.2 Å². The Labute approximate surface area is 102 Å². The molecule has 0 aliphatic rings. The van der Waals surface area contributed by atoms with Crippen molar-refractivity contribution in [3.63, 3.8) is 0 Å². The summed E-state index contributed by atoms with van der Waals surface area (Å²) in [4.78, 5) is 12.2. The predicted molar refractivity (Wildman–Crippen MR) is 69.7 cm³/mol. The van der Waals surface area contributed by atoms with Crippen molar-refractivity contribution in [2.45, 2.75) is 43.9 Å². The Balaban J connectivity index is 2.66. The number of carbonyl (C=O) groups excluding carboxylic acids is 1. The van der Waals surface area contributed by atoms with Gasteiger partial charge in [-0.05, 0) is 24.6 Å². The van der Waals surface area contributed by atoms with Crippen LogP contribution < -0.4 is 5.32 Å². The molecule has 1 unspecified atom stereocenters. The molecule has 0 saturated carbocycles. The van der Waals surface area contributed by atoms with E-state index >= 15 is 0 Å². The van der Waals surface area contributed by atoms with Gasteiger partial charge in [-0.2, -0.15) is 0 Å². The van der Waals surface area contributed by atoms with Crippen LogP contribution in [0.25, 0.3) is 0 Å². The second kappa shape index (κ2) is 5.94. The van der Waals surface area contributed by atoms with Crippen LogP contribution in [0.1, 0.15) is 39.3 Å². The highest BCUT2D eigenvalue weighted by Crippen LogP contribution is 2.24. The fraction of sp³-hybridized carbons (Fsp3) is 0.462. The Kier molecular flexibility index (Phi) is 4.87. The second-order valence-electron chi connectivity index (χ2n) is 4.16. The lowest BCUT2D eigenvalue weighted by Gasteiger charge is -2.13. The van der Waals surface area contributed by atoms with Gasteiger partial charge >= 0.3 is 0 Å². The molecule has 0 fully saturated rings. The van der Waals surface area contributed by atoms with Crippen LogP contribution in [0.5, 0.6) is 0 Å². The Morgan fingerprint density at radius 2 is 1.75 bits per heavy atom. The lowest BCUT2D eigenvalue weighted by atomic mass is 10.1. The van der Waals surface area contributed by atoms with Crippen LogP contribution in [0, 0.1) is 0 Å². The maximum Gasteiger partial charge on any atom is 0.217 e. The van der Waals surface area contributed by atoms with E-state index in [2.05, 4.69) is 43.4 Å². The SMILES string of the molecule is CC(=O)NC(C)c1ccc(SC(C)C)cc1. The van der Waals surface area contributed by atoms with Crippen molar-refractivity contribution in [2.75, 3.05) is 0 Å². The van der Waals surface area contributed by atoms with Crippen LogP contribution in [0.2, 0.25) is 0 Å². The zero-order valence-electron chi connectivity index (χ0n) is 10.3. The molecule has 0 saturated heterocycles. The van der Waals surface area contributed by atoms with Gasteiger partial charge in [-0.25, -0.2) is 0 Å². The summed E-state index contributed by atoms with van der Waals surface area (Å²) in [6.45, 7) is 7.89. The molecule has 0 aromatic heterocycles. The highest BCUT2D eigenvalue weighted by molar-refractivity contribution is 7.99. The summed E-state index contributed by atoms with van der Waals surface area (Å²) in [6.07, 6.45) is 0. The first kappa shape index (κ1) is 13.1. The van der Waals surface area contributed by atoms with E-state index in [-0.39, 0.29) is 11.9 Å². The third-order valence-corrected chi connectivity index (χ3v) is 3.19. The third-order valence-electron chi connectivity index (χ3n) is 2.17. The monoisotopic (exact) mass is 237 g/mol. The fourth-order valence-electron chi connectivity index (χ4n) is 1.50. The van der Waals surface area contributed by atoms with Crippen molar-refractivity contribution >= 4 is 17.7 Å². The zero-order valence-corrected chi connectivity index (χ0v) is 11.1. The molecule has 0 bridgehead atoms. The van der Waals surface area contributed by atoms with E-state index < -0.39 is 0 Å². The van der Waals surface area contributed by atoms with Crippen molar-refractivity contribution < 1.29 is 4.79 Å². The Morgan fingerprint density at radius 3 is 2.19 bits per heavy atom. The van der Waals surface area contributed by atoms with Crippen molar-refractivity contribution in [1.82, 2.24) is 5.32 Å². The van der Waals surface area contributed by atoms with Crippen molar-refractivity contribution in [3.05, 3.63) is 29.8 Å². The normalized spacial score (nSPS) is 12.6. The number of hydrogen-bond donors (Lipinski definition) is 1. The summed E-state index contributed by atoms with van der Waals surface area (Å²) in [5.74, 6) is 0.00753. The van der Waals surface area contributed by atoms with Crippen LogP contribution in [0.4, 0.5) is 0 Å². The molecule has 1 atom stereocenters. The average Bonchev–Trinajstić information content (AvgIpc) is 2.16. The van der Waals surface area contributed by atoms with E-state index in [9.17, 15) is 4.79 Å². The Bertz CT molecular complexity index is 345. The lowest BCUT2D eigenvalue weighted by Crippen LogP contribution is -2.23. The smallest absolute Gasteiger partial charge is 0.217 e. The van der Waals surface area contributed by atoms with Crippen molar-refractivity contribution in [1.29, 1.82) is 0 Å². The molecule has 88 valence electrons. The van der Waals surface area contributed by atoms with Gasteiger partial charge < -0.3 is 5.32 Å². The van der Waals surface area contributed by atoms with Gasteiger partial charge in [0, 0.05) is 17.1 Å². The molecule has 1 aromatic carbocycles. The van der Waals surface area contributed by atoms with E-state index in [1.54, 1.807) is 6.92 Å². The first-order valence-electron chi connectivity index (χ1n) is 5.52. The molecule has 3 heteroatoms. The van der Waals surface area contributed by atoms with Gasteiger partial charge in [-0.1, -0.05) is 26.0 Å². The molecule has 0 radical (unpaired) electrons. The summed E-state index contributed by atoms with van der Waals surface area (Å²) >= 11 is 1.85. The van der Waals surface area contributed by atoms with Crippen LogP contribution in [0.15, 0.2) is 29.2 Å². The number of thioether (sulfide) groups is 1. The summed E-state index contributed by atoms with van der Waals surface area (Å²) in [6, 6.07) is 8.45. The minimum Gasteiger partial charge on any atom is -0.350 e. The van der Waals surface area contributed by atoms with Gasteiger partial charge in [0.05, 0.1) is 6.04 Å². The molecular weight excluding hydrogens is 218 g/mol. The highest BCUT2D eigenvalue weighted by Gasteiger charge is 2.06. The predicted octanol–water partition coefficient (Wildman–Crippen LogP) is 3.38. The molecule has 2 nitrogen and oxygen atoms in total. The van der Waals surface area contributed by atoms with Crippen molar-refractivity contribution in [2.24, 2.45) is 0 Å². The van der Waals surface area contributed by atoms with Gasteiger partial charge in [0.2, 0.25) is 5.91 Å². The van der Waals surface area contributed by atoms with E-state index in [1.807, 2.05) is 18.7 Å². The summed E-state index contributed by atoms with van der Waals surface area (Å²) in [5.41, 5.74) is 1.14. The largest absolute Gasteiger partial charge is 0.350 e. The summed E-state index contributed by atoms with van der Waals surface area (Å²) in [5, 5.41) is 3.47. The lowest BCUT2D eigenvalue weighted by molar-refractivity contribution is -0.119.